The molecule has 7 heteroatoms. The summed E-state index contributed by atoms with van der Waals surface area (Å²) in [5.74, 6) is 0.00927. The van der Waals surface area contributed by atoms with E-state index in [9.17, 15) is 14.4 Å². The molecule has 3 fully saturated rings. The molecule has 3 aliphatic rings. The zero-order valence-electron chi connectivity index (χ0n) is 16.2. The molecule has 0 aromatic heterocycles. The van der Waals surface area contributed by atoms with Gasteiger partial charge in [0.15, 0.2) is 0 Å². The van der Waals surface area contributed by atoms with Gasteiger partial charge in [-0.1, -0.05) is 12.8 Å². The number of amides is 2. The summed E-state index contributed by atoms with van der Waals surface area (Å²) in [7, 11) is 1.36. The first-order chi connectivity index (χ1) is 12.2. The molecule has 1 spiro atoms. The normalized spacial score (nSPS) is 27.2. The predicted molar refractivity (Wildman–Crippen MR) is 94.4 cm³/mol. The molecule has 2 atom stereocenters. The van der Waals surface area contributed by atoms with E-state index in [0.29, 0.717) is 38.3 Å². The summed E-state index contributed by atoms with van der Waals surface area (Å²) in [6, 6.07) is -0.541. The molecule has 3 rings (SSSR count). The van der Waals surface area contributed by atoms with Crippen molar-refractivity contribution in [3.05, 3.63) is 0 Å². The van der Waals surface area contributed by atoms with Crippen LogP contribution >= 0.6 is 0 Å². The number of rotatable bonds is 4. The minimum absolute atomic E-state index is 0.128. The molecule has 7 nitrogen and oxygen atoms in total. The van der Waals surface area contributed by atoms with Crippen molar-refractivity contribution in [2.45, 2.75) is 76.5 Å². The molecule has 2 saturated heterocycles. The molecule has 2 amide bonds. The van der Waals surface area contributed by atoms with Gasteiger partial charge in [0.25, 0.3) is 0 Å². The lowest BCUT2D eigenvalue weighted by molar-refractivity contribution is -0.153. The van der Waals surface area contributed by atoms with Crippen molar-refractivity contribution < 1.29 is 23.9 Å². The van der Waals surface area contributed by atoms with Gasteiger partial charge in [-0.15, -0.1) is 0 Å². The lowest BCUT2D eigenvalue weighted by atomic mass is 9.94. The van der Waals surface area contributed by atoms with Crippen LogP contribution in [0.4, 0.5) is 4.79 Å². The zero-order chi connectivity index (χ0) is 19.1. The van der Waals surface area contributed by atoms with Crippen molar-refractivity contribution in [3.8, 4) is 0 Å². The van der Waals surface area contributed by atoms with Gasteiger partial charge in [0.05, 0.1) is 7.11 Å². The highest BCUT2D eigenvalue weighted by Gasteiger charge is 2.58. The van der Waals surface area contributed by atoms with E-state index in [1.54, 1.807) is 9.80 Å². The highest BCUT2D eigenvalue weighted by molar-refractivity contribution is 5.95. The highest BCUT2D eigenvalue weighted by Crippen LogP contribution is 2.42. The third-order valence-electron chi connectivity index (χ3n) is 5.63. The Kier molecular flexibility index (Phi) is 4.92. The molecule has 2 heterocycles. The summed E-state index contributed by atoms with van der Waals surface area (Å²) < 4.78 is 10.5. The van der Waals surface area contributed by atoms with E-state index in [2.05, 4.69) is 0 Å². The largest absolute Gasteiger partial charge is 0.467 e. The number of carbonyl (C=O) groups is 3. The van der Waals surface area contributed by atoms with Crippen molar-refractivity contribution in [1.29, 1.82) is 0 Å². The summed E-state index contributed by atoms with van der Waals surface area (Å²) >= 11 is 0. The van der Waals surface area contributed by atoms with Crippen molar-refractivity contribution in [1.82, 2.24) is 9.80 Å². The molecular weight excluding hydrogens is 336 g/mol. The molecule has 1 saturated carbocycles. The van der Waals surface area contributed by atoms with Crippen LogP contribution in [0.25, 0.3) is 0 Å². The number of ether oxygens (including phenoxy) is 2. The standard InChI is InChI=1S/C19H30N2O5/c1-18(2,3)26-17(24)21-10-5-8-19(21)9-11-20(16(19)23)14(15(22)25-4)12-13-6-7-13/h13-14H,5-12H2,1-4H3. The van der Waals surface area contributed by atoms with Crippen LogP contribution in [-0.4, -0.2) is 65.2 Å². The SMILES string of the molecule is COC(=O)C(CC1CC1)N1CCC2(CCCN2C(=O)OC(C)(C)C)C1=O. The molecule has 146 valence electrons. The Morgan fingerprint density at radius 1 is 1.23 bits per heavy atom. The van der Waals surface area contributed by atoms with Crippen molar-refractivity contribution in [3.63, 3.8) is 0 Å². The smallest absolute Gasteiger partial charge is 0.411 e. The van der Waals surface area contributed by atoms with E-state index in [0.717, 1.165) is 19.3 Å². The number of esters is 1. The van der Waals surface area contributed by atoms with Gasteiger partial charge < -0.3 is 14.4 Å². The van der Waals surface area contributed by atoms with Crippen LogP contribution in [0.5, 0.6) is 0 Å². The van der Waals surface area contributed by atoms with E-state index in [4.69, 9.17) is 9.47 Å². The van der Waals surface area contributed by atoms with Crippen LogP contribution in [0.3, 0.4) is 0 Å². The third-order valence-corrected chi connectivity index (χ3v) is 5.63. The second-order valence-electron chi connectivity index (χ2n) is 8.73. The average Bonchev–Trinajstić information content (AvgIpc) is 3.19. The van der Waals surface area contributed by atoms with Crippen LogP contribution in [-0.2, 0) is 19.1 Å². The fraction of sp³-hybridized carbons (Fsp3) is 0.842. The van der Waals surface area contributed by atoms with Crippen LogP contribution in [0.15, 0.2) is 0 Å². The zero-order valence-corrected chi connectivity index (χ0v) is 16.2. The molecule has 0 N–H and O–H groups in total. The molecule has 26 heavy (non-hydrogen) atoms. The number of hydrogen-bond acceptors (Lipinski definition) is 5. The number of methoxy groups -OCH3 is 1. The number of nitrogens with zero attached hydrogens (tertiary/aromatic N) is 2. The van der Waals surface area contributed by atoms with E-state index in [1.807, 2.05) is 20.8 Å². The van der Waals surface area contributed by atoms with Gasteiger partial charge in [0, 0.05) is 13.1 Å². The summed E-state index contributed by atoms with van der Waals surface area (Å²) in [6.07, 6.45) is 4.35. The Balaban J connectivity index is 1.79. The lowest BCUT2D eigenvalue weighted by Gasteiger charge is -2.35. The van der Waals surface area contributed by atoms with Crippen LogP contribution in [0.2, 0.25) is 0 Å². The first kappa shape index (κ1) is 19.0. The summed E-state index contributed by atoms with van der Waals surface area (Å²) in [5.41, 5.74) is -1.47. The molecule has 0 aromatic rings. The fourth-order valence-corrected chi connectivity index (χ4v) is 4.18. The molecular formula is C19H30N2O5. The lowest BCUT2D eigenvalue weighted by Crippen LogP contribution is -2.55. The van der Waals surface area contributed by atoms with Crippen LogP contribution in [0.1, 0.15) is 59.3 Å². The van der Waals surface area contributed by atoms with Crippen molar-refractivity contribution >= 4 is 18.0 Å². The number of hydrogen-bond donors (Lipinski definition) is 0. The Hall–Kier alpha value is -1.79. The van der Waals surface area contributed by atoms with Gasteiger partial charge in [-0.05, 0) is 52.4 Å². The highest BCUT2D eigenvalue weighted by atomic mass is 16.6. The van der Waals surface area contributed by atoms with Crippen molar-refractivity contribution in [2.75, 3.05) is 20.2 Å². The van der Waals surface area contributed by atoms with Gasteiger partial charge in [-0.25, -0.2) is 9.59 Å². The molecule has 0 bridgehead atoms. The molecule has 2 aliphatic heterocycles. The average molecular weight is 366 g/mol. The molecule has 1 aliphatic carbocycles. The van der Waals surface area contributed by atoms with Gasteiger partial charge in [-0.2, -0.15) is 0 Å². The minimum atomic E-state index is -0.863. The van der Waals surface area contributed by atoms with Gasteiger partial charge in [0.1, 0.15) is 17.2 Å². The summed E-state index contributed by atoms with van der Waals surface area (Å²) in [5, 5.41) is 0. The van der Waals surface area contributed by atoms with Crippen molar-refractivity contribution in [2.24, 2.45) is 5.92 Å². The topological polar surface area (TPSA) is 76.2 Å². The molecule has 2 unspecified atom stereocenters. The fourth-order valence-electron chi connectivity index (χ4n) is 4.18. The molecule has 0 radical (unpaired) electrons. The summed E-state index contributed by atoms with van der Waals surface area (Å²) in [4.78, 5) is 41.5. The maximum absolute atomic E-state index is 13.3. The number of carbonyl (C=O) groups excluding carboxylic acids is 3. The van der Waals surface area contributed by atoms with E-state index in [-0.39, 0.29) is 11.9 Å². The van der Waals surface area contributed by atoms with Gasteiger partial charge >= 0.3 is 12.1 Å². The van der Waals surface area contributed by atoms with Gasteiger partial charge in [-0.3, -0.25) is 9.69 Å². The second kappa shape index (κ2) is 6.74. The monoisotopic (exact) mass is 366 g/mol. The van der Waals surface area contributed by atoms with Crippen LogP contribution < -0.4 is 0 Å². The Labute approximate surface area is 155 Å². The van der Waals surface area contributed by atoms with E-state index < -0.39 is 23.3 Å². The van der Waals surface area contributed by atoms with Crippen LogP contribution in [0, 0.1) is 5.92 Å². The minimum Gasteiger partial charge on any atom is -0.467 e. The van der Waals surface area contributed by atoms with Gasteiger partial charge in [0.2, 0.25) is 5.91 Å². The molecule has 0 aromatic carbocycles. The predicted octanol–water partition coefficient (Wildman–Crippen LogP) is 2.33. The Morgan fingerprint density at radius 3 is 2.50 bits per heavy atom. The second-order valence-corrected chi connectivity index (χ2v) is 8.73. The first-order valence-corrected chi connectivity index (χ1v) is 9.57. The number of likely N-dealkylation sites (tertiary alicyclic amines) is 2. The third kappa shape index (κ3) is 3.53. The van der Waals surface area contributed by atoms with E-state index in [1.165, 1.54) is 7.11 Å². The summed E-state index contributed by atoms with van der Waals surface area (Å²) in [6.45, 7) is 6.45. The maximum atomic E-state index is 13.3. The maximum Gasteiger partial charge on any atom is 0.411 e. The van der Waals surface area contributed by atoms with E-state index >= 15 is 0 Å². The quantitative estimate of drug-likeness (QED) is 0.714. The Bertz CT molecular complexity index is 595. The first-order valence-electron chi connectivity index (χ1n) is 9.57. The Morgan fingerprint density at radius 2 is 1.92 bits per heavy atom.